The van der Waals surface area contributed by atoms with Crippen LogP contribution < -0.4 is 20.1 Å². The molecule has 1 aliphatic heterocycles. The number of anilines is 1. The van der Waals surface area contributed by atoms with Gasteiger partial charge in [0.25, 0.3) is 11.6 Å². The molecule has 2 heterocycles. The van der Waals surface area contributed by atoms with Crippen molar-refractivity contribution in [1.82, 2.24) is 20.1 Å². The Bertz CT molecular complexity index is 1280. The molecule has 0 bridgehead atoms. The summed E-state index contributed by atoms with van der Waals surface area (Å²) in [6, 6.07) is 9.20. The first-order valence-electron chi connectivity index (χ1n) is 10.1. The topological polar surface area (TPSA) is 151 Å². The van der Waals surface area contributed by atoms with E-state index in [1.165, 1.54) is 12.1 Å². The molecule has 2 aromatic carbocycles. The van der Waals surface area contributed by atoms with Gasteiger partial charge in [-0.15, -0.1) is 10.2 Å². The molecule has 176 valence electrons. The lowest BCUT2D eigenvalue weighted by atomic mass is 10.2. The third-order valence-electron chi connectivity index (χ3n) is 5.01. The van der Waals surface area contributed by atoms with Gasteiger partial charge in [-0.1, -0.05) is 17.8 Å². The number of nitrogens with one attached hydrogen (secondary N) is 2. The van der Waals surface area contributed by atoms with E-state index in [1.54, 1.807) is 42.8 Å². The van der Waals surface area contributed by atoms with Gasteiger partial charge in [-0.05, 0) is 30.7 Å². The molecule has 0 spiro atoms. The molecule has 0 radical (unpaired) electrons. The number of aryl methyl sites for hydroxylation is 1. The van der Waals surface area contributed by atoms with E-state index in [2.05, 4.69) is 20.8 Å². The zero-order valence-corrected chi connectivity index (χ0v) is 19.0. The molecule has 0 atom stereocenters. The van der Waals surface area contributed by atoms with Crippen molar-refractivity contribution in [1.29, 1.82) is 0 Å². The van der Waals surface area contributed by atoms with Crippen molar-refractivity contribution in [3.05, 3.63) is 63.5 Å². The number of rotatable bonds is 8. The number of nitrogens with zero attached hydrogens (tertiary/aromatic N) is 4. The maximum absolute atomic E-state index is 12.5. The number of benzene rings is 2. The maximum Gasteiger partial charge on any atom is 0.271 e. The first-order chi connectivity index (χ1) is 16.3. The number of carbonyl (C=O) groups excluding carboxylic acids is 2. The van der Waals surface area contributed by atoms with E-state index in [0.717, 1.165) is 11.8 Å². The molecule has 0 fully saturated rings. The van der Waals surface area contributed by atoms with Crippen molar-refractivity contribution in [2.24, 2.45) is 7.05 Å². The fraction of sp³-hybridized carbons (Fsp3) is 0.238. The van der Waals surface area contributed by atoms with Gasteiger partial charge in [0.2, 0.25) is 12.7 Å². The van der Waals surface area contributed by atoms with Crippen LogP contribution in [0.2, 0.25) is 0 Å². The molecule has 0 aliphatic carbocycles. The van der Waals surface area contributed by atoms with Gasteiger partial charge in [-0.25, -0.2) is 0 Å². The van der Waals surface area contributed by atoms with Crippen LogP contribution in [0.1, 0.15) is 21.7 Å². The zero-order valence-electron chi connectivity index (χ0n) is 18.2. The Morgan fingerprint density at radius 1 is 1.18 bits per heavy atom. The number of non-ortho nitro benzene ring substituents is 1. The first-order valence-corrected chi connectivity index (χ1v) is 11.0. The van der Waals surface area contributed by atoms with Gasteiger partial charge in [-0.3, -0.25) is 19.7 Å². The smallest absolute Gasteiger partial charge is 0.271 e. The average molecular weight is 484 g/mol. The molecule has 1 aliphatic rings. The van der Waals surface area contributed by atoms with Crippen molar-refractivity contribution >= 4 is 35.0 Å². The minimum atomic E-state index is -0.518. The van der Waals surface area contributed by atoms with Crippen molar-refractivity contribution in [2.45, 2.75) is 18.6 Å². The number of amides is 2. The van der Waals surface area contributed by atoms with E-state index in [0.29, 0.717) is 39.3 Å². The molecule has 3 aromatic rings. The standard InChI is InChI=1S/C21H20N6O6S/c1-12-3-5-14(27(30)31)8-15(12)23-19(28)10-34-21-25-24-18(26(21)2)9-22-20(29)13-4-6-16-17(7-13)33-11-32-16/h3-8H,9-11H2,1-2H3,(H,22,29)(H,23,28). The molecule has 0 saturated heterocycles. The quantitative estimate of drug-likeness (QED) is 0.279. The van der Waals surface area contributed by atoms with E-state index in [4.69, 9.17) is 9.47 Å². The molecule has 34 heavy (non-hydrogen) atoms. The fourth-order valence-electron chi connectivity index (χ4n) is 3.10. The summed E-state index contributed by atoms with van der Waals surface area (Å²) < 4.78 is 12.2. The molecule has 13 heteroatoms. The third-order valence-corrected chi connectivity index (χ3v) is 6.03. The molecule has 0 unspecified atom stereocenters. The zero-order chi connectivity index (χ0) is 24.2. The summed E-state index contributed by atoms with van der Waals surface area (Å²) in [5.74, 6) is 1.00. The number of nitro benzene ring substituents is 1. The van der Waals surface area contributed by atoms with Gasteiger partial charge in [0.1, 0.15) is 0 Å². The number of nitro groups is 1. The summed E-state index contributed by atoms with van der Waals surface area (Å²) in [4.78, 5) is 35.2. The second kappa shape index (κ2) is 9.79. The van der Waals surface area contributed by atoms with Gasteiger partial charge < -0.3 is 24.7 Å². The van der Waals surface area contributed by atoms with Crippen molar-refractivity contribution in [2.75, 3.05) is 17.9 Å². The van der Waals surface area contributed by atoms with Crippen LogP contribution in [0.5, 0.6) is 11.5 Å². The molecule has 0 saturated carbocycles. The average Bonchev–Trinajstić information content (AvgIpc) is 3.43. The van der Waals surface area contributed by atoms with E-state index < -0.39 is 4.92 Å². The second-order valence-corrected chi connectivity index (χ2v) is 8.24. The molecule has 4 rings (SSSR count). The Balaban J connectivity index is 1.31. The van der Waals surface area contributed by atoms with E-state index in [9.17, 15) is 19.7 Å². The minimum absolute atomic E-state index is 0.0255. The Hall–Kier alpha value is -4.13. The van der Waals surface area contributed by atoms with E-state index >= 15 is 0 Å². The number of hydrogen-bond donors (Lipinski definition) is 2. The molecule has 2 amide bonds. The van der Waals surface area contributed by atoms with Gasteiger partial charge in [0.15, 0.2) is 22.5 Å². The van der Waals surface area contributed by atoms with Crippen LogP contribution in [0, 0.1) is 17.0 Å². The lowest BCUT2D eigenvalue weighted by molar-refractivity contribution is -0.384. The summed E-state index contributed by atoms with van der Waals surface area (Å²) in [5.41, 5.74) is 1.41. The largest absolute Gasteiger partial charge is 0.454 e. The lowest BCUT2D eigenvalue weighted by Crippen LogP contribution is -2.24. The first kappa shape index (κ1) is 23.0. The van der Waals surface area contributed by atoms with Crippen molar-refractivity contribution in [3.8, 4) is 11.5 Å². The lowest BCUT2D eigenvalue weighted by Gasteiger charge is -2.08. The highest BCUT2D eigenvalue weighted by Gasteiger charge is 2.18. The third kappa shape index (κ3) is 5.09. The number of carbonyl (C=O) groups is 2. The minimum Gasteiger partial charge on any atom is -0.454 e. The maximum atomic E-state index is 12.5. The van der Waals surface area contributed by atoms with Gasteiger partial charge in [-0.2, -0.15) is 0 Å². The van der Waals surface area contributed by atoms with E-state index in [1.807, 2.05) is 0 Å². The van der Waals surface area contributed by atoms with Crippen LogP contribution in [0.15, 0.2) is 41.6 Å². The fourth-order valence-corrected chi connectivity index (χ4v) is 3.83. The Morgan fingerprint density at radius 3 is 2.76 bits per heavy atom. The van der Waals surface area contributed by atoms with Gasteiger partial charge in [0, 0.05) is 24.7 Å². The summed E-state index contributed by atoms with van der Waals surface area (Å²) in [6.45, 7) is 2.01. The van der Waals surface area contributed by atoms with Crippen LogP contribution in [0.3, 0.4) is 0 Å². The molecular formula is C21H20N6O6S. The Kier molecular flexibility index (Phi) is 6.63. The van der Waals surface area contributed by atoms with E-state index in [-0.39, 0.29) is 36.6 Å². The Labute approximate surface area is 197 Å². The summed E-state index contributed by atoms with van der Waals surface area (Å²) >= 11 is 1.16. The number of thioether (sulfide) groups is 1. The van der Waals surface area contributed by atoms with Crippen LogP contribution in [-0.2, 0) is 18.4 Å². The highest BCUT2D eigenvalue weighted by molar-refractivity contribution is 7.99. The number of hydrogen-bond acceptors (Lipinski definition) is 9. The molecule has 12 nitrogen and oxygen atoms in total. The number of fused-ring (bicyclic) bond motifs is 1. The number of ether oxygens (including phenoxy) is 2. The summed E-state index contributed by atoms with van der Waals surface area (Å²) in [5, 5.41) is 25.0. The second-order valence-electron chi connectivity index (χ2n) is 7.30. The highest BCUT2D eigenvalue weighted by atomic mass is 32.2. The summed E-state index contributed by atoms with van der Waals surface area (Å²) in [7, 11) is 1.73. The SMILES string of the molecule is Cc1ccc([N+](=O)[O-])cc1NC(=O)CSc1nnc(CNC(=O)c2ccc3c(c2)OCO3)n1C. The highest BCUT2D eigenvalue weighted by Crippen LogP contribution is 2.32. The van der Waals surface area contributed by atoms with Gasteiger partial charge in [0.05, 0.1) is 22.9 Å². The number of aromatic nitrogens is 3. The predicted octanol–water partition coefficient (Wildman–Crippen LogP) is 2.42. The van der Waals surface area contributed by atoms with Crippen LogP contribution in [0.4, 0.5) is 11.4 Å². The van der Waals surface area contributed by atoms with Crippen LogP contribution >= 0.6 is 11.8 Å². The van der Waals surface area contributed by atoms with Crippen molar-refractivity contribution < 1.29 is 24.0 Å². The Morgan fingerprint density at radius 2 is 1.97 bits per heavy atom. The van der Waals surface area contributed by atoms with Crippen LogP contribution in [0.25, 0.3) is 0 Å². The monoisotopic (exact) mass is 484 g/mol. The van der Waals surface area contributed by atoms with Crippen LogP contribution in [-0.4, -0.2) is 44.0 Å². The van der Waals surface area contributed by atoms with Gasteiger partial charge >= 0.3 is 0 Å². The summed E-state index contributed by atoms with van der Waals surface area (Å²) in [6.07, 6.45) is 0. The predicted molar refractivity (Wildman–Crippen MR) is 122 cm³/mol. The van der Waals surface area contributed by atoms with Crippen molar-refractivity contribution in [3.63, 3.8) is 0 Å². The normalized spacial score (nSPS) is 11.8. The molecule has 2 N–H and O–H groups in total. The molecule has 1 aromatic heterocycles. The molecular weight excluding hydrogens is 464 g/mol.